The summed E-state index contributed by atoms with van der Waals surface area (Å²) in [6.07, 6.45) is 6.41. The zero-order valence-electron chi connectivity index (χ0n) is 12.2. The fraction of sp³-hybridized carbons (Fsp3) is 0.625. The lowest BCUT2D eigenvalue weighted by atomic mass is 9.83. The SMILES string of the molecule is CNC(Cc1cccc(Br)c1)C1(N(C)C)CCCC1. The summed E-state index contributed by atoms with van der Waals surface area (Å²) in [4.78, 5) is 2.44. The van der Waals surface area contributed by atoms with Crippen LogP contribution in [0.4, 0.5) is 0 Å². The molecule has 0 amide bonds. The van der Waals surface area contributed by atoms with Crippen LogP contribution in [0.25, 0.3) is 0 Å². The molecule has 0 spiro atoms. The number of rotatable bonds is 5. The van der Waals surface area contributed by atoms with Crippen molar-refractivity contribution >= 4 is 15.9 Å². The number of nitrogens with one attached hydrogen (secondary N) is 1. The monoisotopic (exact) mass is 324 g/mol. The topological polar surface area (TPSA) is 15.3 Å². The van der Waals surface area contributed by atoms with Crippen molar-refractivity contribution in [2.24, 2.45) is 0 Å². The van der Waals surface area contributed by atoms with E-state index in [1.807, 2.05) is 0 Å². The van der Waals surface area contributed by atoms with Crippen molar-refractivity contribution in [3.8, 4) is 0 Å². The van der Waals surface area contributed by atoms with Gasteiger partial charge in [0.15, 0.2) is 0 Å². The number of likely N-dealkylation sites (N-methyl/N-ethyl adjacent to an activating group) is 2. The van der Waals surface area contributed by atoms with Gasteiger partial charge in [-0.3, -0.25) is 0 Å². The highest BCUT2D eigenvalue weighted by Crippen LogP contribution is 2.37. The standard InChI is InChI=1S/C16H25BrN2/c1-18-15(12-13-7-6-8-14(17)11-13)16(19(2)3)9-4-5-10-16/h6-8,11,15,18H,4-5,9-10,12H2,1-3H3. The van der Waals surface area contributed by atoms with Crippen LogP contribution in [-0.4, -0.2) is 37.6 Å². The van der Waals surface area contributed by atoms with Crippen LogP contribution in [0, 0.1) is 0 Å². The highest BCUT2D eigenvalue weighted by Gasteiger charge is 2.42. The van der Waals surface area contributed by atoms with E-state index < -0.39 is 0 Å². The average Bonchev–Trinajstić information content (AvgIpc) is 2.86. The third kappa shape index (κ3) is 3.21. The van der Waals surface area contributed by atoms with Gasteiger partial charge in [-0.2, -0.15) is 0 Å². The van der Waals surface area contributed by atoms with Gasteiger partial charge in [-0.1, -0.05) is 40.9 Å². The molecule has 0 aliphatic heterocycles. The maximum Gasteiger partial charge on any atom is 0.0359 e. The van der Waals surface area contributed by atoms with Crippen molar-refractivity contribution < 1.29 is 0 Å². The van der Waals surface area contributed by atoms with Gasteiger partial charge in [0.1, 0.15) is 0 Å². The zero-order valence-corrected chi connectivity index (χ0v) is 13.8. The molecule has 19 heavy (non-hydrogen) atoms. The van der Waals surface area contributed by atoms with E-state index >= 15 is 0 Å². The van der Waals surface area contributed by atoms with Crippen LogP contribution < -0.4 is 5.32 Å². The van der Waals surface area contributed by atoms with Gasteiger partial charge in [-0.15, -0.1) is 0 Å². The van der Waals surface area contributed by atoms with E-state index in [2.05, 4.69) is 71.6 Å². The molecule has 0 heterocycles. The number of halogens is 1. The minimum Gasteiger partial charge on any atom is -0.315 e. The molecule has 1 fully saturated rings. The highest BCUT2D eigenvalue weighted by molar-refractivity contribution is 9.10. The summed E-state index contributed by atoms with van der Waals surface area (Å²) in [6, 6.07) is 9.20. The Hall–Kier alpha value is -0.380. The quantitative estimate of drug-likeness (QED) is 0.892. The van der Waals surface area contributed by atoms with E-state index in [1.165, 1.54) is 35.7 Å². The Kier molecular flexibility index (Phi) is 5.04. The van der Waals surface area contributed by atoms with Crippen LogP contribution in [0.1, 0.15) is 31.2 Å². The normalized spacial score (nSPS) is 19.8. The third-order valence-electron chi connectivity index (χ3n) is 4.69. The average molecular weight is 325 g/mol. The maximum absolute atomic E-state index is 3.58. The van der Waals surface area contributed by atoms with E-state index in [-0.39, 0.29) is 0 Å². The molecule has 1 aromatic carbocycles. The smallest absolute Gasteiger partial charge is 0.0359 e. The lowest BCUT2D eigenvalue weighted by Gasteiger charge is -2.43. The molecule has 0 radical (unpaired) electrons. The Morgan fingerprint density at radius 3 is 2.53 bits per heavy atom. The number of hydrogen-bond acceptors (Lipinski definition) is 2. The lowest BCUT2D eigenvalue weighted by Crippen LogP contribution is -2.57. The molecular formula is C16H25BrN2. The molecule has 1 saturated carbocycles. The molecule has 2 rings (SSSR count). The van der Waals surface area contributed by atoms with Gasteiger partial charge >= 0.3 is 0 Å². The van der Waals surface area contributed by atoms with E-state index in [1.54, 1.807) is 0 Å². The summed E-state index contributed by atoms with van der Waals surface area (Å²) < 4.78 is 1.17. The first kappa shape index (κ1) is 15.0. The summed E-state index contributed by atoms with van der Waals surface area (Å²) in [5, 5.41) is 3.58. The van der Waals surface area contributed by atoms with Crippen molar-refractivity contribution in [1.82, 2.24) is 10.2 Å². The summed E-state index contributed by atoms with van der Waals surface area (Å²) in [6.45, 7) is 0. The number of hydrogen-bond donors (Lipinski definition) is 1. The van der Waals surface area contributed by atoms with Crippen molar-refractivity contribution in [2.45, 2.75) is 43.7 Å². The fourth-order valence-corrected chi connectivity index (χ4v) is 4.00. The van der Waals surface area contributed by atoms with Crippen molar-refractivity contribution in [3.63, 3.8) is 0 Å². The largest absolute Gasteiger partial charge is 0.315 e. The molecule has 1 aromatic rings. The highest BCUT2D eigenvalue weighted by atomic mass is 79.9. The molecule has 1 atom stereocenters. The molecule has 2 nitrogen and oxygen atoms in total. The van der Waals surface area contributed by atoms with Gasteiger partial charge < -0.3 is 10.2 Å². The molecule has 0 bridgehead atoms. The van der Waals surface area contributed by atoms with Crippen molar-refractivity contribution in [1.29, 1.82) is 0 Å². The van der Waals surface area contributed by atoms with Gasteiger partial charge in [0.25, 0.3) is 0 Å². The minimum atomic E-state index is 0.317. The van der Waals surface area contributed by atoms with Crippen molar-refractivity contribution in [2.75, 3.05) is 21.1 Å². The van der Waals surface area contributed by atoms with Gasteiger partial charge in [-0.25, -0.2) is 0 Å². The third-order valence-corrected chi connectivity index (χ3v) is 5.18. The van der Waals surface area contributed by atoms with E-state index in [4.69, 9.17) is 0 Å². The Labute approximate surface area is 125 Å². The Morgan fingerprint density at radius 1 is 1.32 bits per heavy atom. The van der Waals surface area contributed by atoms with Crippen LogP contribution in [0.15, 0.2) is 28.7 Å². The zero-order chi connectivity index (χ0) is 13.9. The number of nitrogens with zero attached hydrogens (tertiary/aromatic N) is 1. The number of benzene rings is 1. The Morgan fingerprint density at radius 2 is 2.00 bits per heavy atom. The van der Waals surface area contributed by atoms with Gasteiger partial charge in [0, 0.05) is 16.1 Å². The Bertz CT molecular complexity index is 411. The summed E-state index contributed by atoms with van der Waals surface area (Å²) in [5.74, 6) is 0. The summed E-state index contributed by atoms with van der Waals surface area (Å²) in [5.41, 5.74) is 1.72. The molecule has 1 aliphatic carbocycles. The van der Waals surface area contributed by atoms with Gasteiger partial charge in [-0.05, 0) is 58.1 Å². The molecule has 1 aliphatic rings. The molecular weight excluding hydrogens is 300 g/mol. The van der Waals surface area contributed by atoms with Gasteiger partial charge in [0.2, 0.25) is 0 Å². The van der Waals surface area contributed by atoms with Crippen LogP contribution >= 0.6 is 15.9 Å². The molecule has 1 N–H and O–H groups in total. The second-order valence-electron chi connectivity index (χ2n) is 5.88. The van der Waals surface area contributed by atoms with E-state index in [0.717, 1.165) is 6.42 Å². The first-order valence-electron chi connectivity index (χ1n) is 7.17. The molecule has 3 heteroatoms. The van der Waals surface area contributed by atoms with Gasteiger partial charge in [0.05, 0.1) is 0 Å². The maximum atomic E-state index is 3.58. The Balaban J connectivity index is 2.19. The van der Waals surface area contributed by atoms with Crippen LogP contribution in [0.3, 0.4) is 0 Å². The second kappa shape index (κ2) is 6.38. The van der Waals surface area contributed by atoms with E-state index in [9.17, 15) is 0 Å². The molecule has 0 aromatic heterocycles. The predicted molar refractivity (Wildman–Crippen MR) is 85.6 cm³/mol. The first-order chi connectivity index (χ1) is 9.08. The molecule has 1 unspecified atom stereocenters. The van der Waals surface area contributed by atoms with Crippen LogP contribution in [-0.2, 0) is 6.42 Å². The van der Waals surface area contributed by atoms with Crippen molar-refractivity contribution in [3.05, 3.63) is 34.3 Å². The summed E-state index contributed by atoms with van der Waals surface area (Å²) in [7, 11) is 6.57. The second-order valence-corrected chi connectivity index (χ2v) is 6.80. The van der Waals surface area contributed by atoms with E-state index in [0.29, 0.717) is 11.6 Å². The lowest BCUT2D eigenvalue weighted by molar-refractivity contribution is 0.108. The fourth-order valence-electron chi connectivity index (χ4n) is 3.55. The first-order valence-corrected chi connectivity index (χ1v) is 7.97. The van der Waals surface area contributed by atoms with Crippen LogP contribution in [0.2, 0.25) is 0 Å². The molecule has 0 saturated heterocycles. The van der Waals surface area contributed by atoms with Crippen LogP contribution in [0.5, 0.6) is 0 Å². The predicted octanol–water partition coefficient (Wildman–Crippen LogP) is 3.45. The summed E-state index contributed by atoms with van der Waals surface area (Å²) >= 11 is 3.57. The minimum absolute atomic E-state index is 0.317. The molecule has 106 valence electrons.